The summed E-state index contributed by atoms with van der Waals surface area (Å²) in [4.78, 5) is 9.00. The topological polar surface area (TPSA) is 77.8 Å². The van der Waals surface area contributed by atoms with Crippen molar-refractivity contribution in [1.82, 2.24) is 0 Å². The minimum Gasteiger partial charge on any atom is -0.508 e. The predicted molar refractivity (Wildman–Crippen MR) is 60.9 cm³/mol. The van der Waals surface area contributed by atoms with E-state index in [2.05, 4.69) is 6.92 Å². The van der Waals surface area contributed by atoms with Crippen LogP contribution in [0.1, 0.15) is 18.1 Å². The van der Waals surface area contributed by atoms with E-state index in [1.807, 2.05) is 13.0 Å². The van der Waals surface area contributed by atoms with E-state index in [9.17, 15) is 5.11 Å². The molecule has 0 saturated heterocycles. The van der Waals surface area contributed by atoms with Crippen molar-refractivity contribution in [2.45, 2.75) is 13.8 Å². The second kappa shape index (κ2) is 6.85. The minimum absolute atomic E-state index is 0.128. The first-order chi connectivity index (χ1) is 7.38. The van der Waals surface area contributed by atoms with E-state index in [0.29, 0.717) is 11.5 Å². The first kappa shape index (κ1) is 14.5. The summed E-state index contributed by atoms with van der Waals surface area (Å²) in [6.07, 6.45) is 0. The Balaban J connectivity index is 0.000000487. The summed E-state index contributed by atoms with van der Waals surface area (Å²) in [5, 5.41) is 25.6. The van der Waals surface area contributed by atoms with Crippen molar-refractivity contribution in [2.24, 2.45) is 0 Å². The van der Waals surface area contributed by atoms with Gasteiger partial charge in [-0.05, 0) is 25.5 Å². The molecule has 0 fully saturated rings. The number of aliphatic hydroxyl groups excluding tert-OH is 1. The second-order valence-electron chi connectivity index (χ2n) is 3.30. The fourth-order valence-electron chi connectivity index (χ4n) is 1.03. The summed E-state index contributed by atoms with van der Waals surface area (Å²) in [6.45, 7) is 6.47. The number of carbonyl (C=O) groups is 1. The number of aliphatic carboxylic acids is 1. The molecular weight excluding hydrogens is 208 g/mol. The van der Waals surface area contributed by atoms with Crippen LogP contribution in [0.3, 0.4) is 0 Å². The van der Waals surface area contributed by atoms with Crippen LogP contribution in [0.5, 0.6) is 5.75 Å². The Morgan fingerprint density at radius 1 is 1.44 bits per heavy atom. The molecule has 1 aromatic rings. The van der Waals surface area contributed by atoms with Gasteiger partial charge in [0.05, 0.1) is 6.61 Å². The summed E-state index contributed by atoms with van der Waals surface area (Å²) in [7, 11) is 0. The molecule has 2 radical (unpaired) electrons. The fraction of sp³-hybridized carbons (Fsp3) is 0.250. The van der Waals surface area contributed by atoms with Crippen LogP contribution in [0.4, 0.5) is 0 Å². The molecule has 0 aliphatic carbocycles. The van der Waals surface area contributed by atoms with Crippen molar-refractivity contribution >= 4 is 5.97 Å². The van der Waals surface area contributed by atoms with Gasteiger partial charge in [-0.2, -0.15) is 0 Å². The number of phenols is 1. The molecule has 4 heteroatoms. The third kappa shape index (κ3) is 5.36. The molecule has 0 atom stereocenters. The van der Waals surface area contributed by atoms with Gasteiger partial charge in [0.15, 0.2) is 0 Å². The smallest absolute Gasteiger partial charge is 0.300 e. The average Bonchev–Trinajstić information content (AvgIpc) is 2.16. The predicted octanol–water partition coefficient (Wildman–Crippen LogP) is 1.54. The van der Waals surface area contributed by atoms with Crippen molar-refractivity contribution in [3.05, 3.63) is 42.2 Å². The number of rotatable bonds is 2. The van der Waals surface area contributed by atoms with Crippen molar-refractivity contribution < 1.29 is 20.1 Å². The highest BCUT2D eigenvalue weighted by Crippen LogP contribution is 2.24. The van der Waals surface area contributed by atoms with Crippen LogP contribution in [0.25, 0.3) is 0 Å². The number of hydrogen-bond donors (Lipinski definition) is 3. The van der Waals surface area contributed by atoms with Gasteiger partial charge in [0.1, 0.15) is 5.75 Å². The van der Waals surface area contributed by atoms with Crippen LogP contribution in [-0.4, -0.2) is 27.9 Å². The summed E-state index contributed by atoms with van der Waals surface area (Å²) < 4.78 is 0. The van der Waals surface area contributed by atoms with E-state index >= 15 is 0 Å². The third-order valence-corrected chi connectivity index (χ3v) is 1.72. The molecule has 16 heavy (non-hydrogen) atoms. The molecule has 1 rings (SSSR count). The Kier molecular flexibility index (Phi) is 6.18. The van der Waals surface area contributed by atoms with Crippen molar-refractivity contribution in [1.29, 1.82) is 0 Å². The summed E-state index contributed by atoms with van der Waals surface area (Å²) in [5.74, 6) is -0.124. The lowest BCUT2D eigenvalue weighted by atomic mass is 10.00. The van der Waals surface area contributed by atoms with Crippen LogP contribution < -0.4 is 0 Å². The molecular formula is C12H16O4. The molecule has 0 unspecified atom stereocenters. The standard InChI is InChI=1S/C10H12O2.C2H4O2/c1-7-3-4-9(8(2)6-11)10(12)5-7;1-2(3)4/h3-5,11-12H,2,6H2,1H3;1H3,(H,3,4). The average molecular weight is 224 g/mol. The van der Waals surface area contributed by atoms with E-state index in [4.69, 9.17) is 15.0 Å². The highest BCUT2D eigenvalue weighted by Gasteiger charge is 2.09. The second-order valence-corrected chi connectivity index (χ2v) is 3.30. The summed E-state index contributed by atoms with van der Waals surface area (Å²) in [6, 6.07) is 5.27. The fourth-order valence-corrected chi connectivity index (χ4v) is 1.03. The van der Waals surface area contributed by atoms with Gasteiger partial charge in [0, 0.05) is 18.4 Å². The van der Waals surface area contributed by atoms with Gasteiger partial charge in [0.2, 0.25) is 0 Å². The molecule has 4 nitrogen and oxygen atoms in total. The number of phenolic OH excluding ortho intramolecular Hbond substituents is 1. The molecule has 0 bridgehead atoms. The Labute approximate surface area is 95.2 Å². The molecule has 1 aromatic carbocycles. The largest absolute Gasteiger partial charge is 0.508 e. The zero-order chi connectivity index (χ0) is 12.7. The first-order valence-corrected chi connectivity index (χ1v) is 4.66. The molecule has 0 aromatic heterocycles. The van der Waals surface area contributed by atoms with E-state index in [1.54, 1.807) is 12.1 Å². The number of aromatic hydroxyl groups is 1. The van der Waals surface area contributed by atoms with Crippen LogP contribution in [-0.2, 0) is 4.79 Å². The third-order valence-electron chi connectivity index (χ3n) is 1.72. The Morgan fingerprint density at radius 3 is 2.31 bits per heavy atom. The maximum absolute atomic E-state index is 9.42. The lowest BCUT2D eigenvalue weighted by Gasteiger charge is -2.09. The number of aryl methyl sites for hydroxylation is 1. The Hall–Kier alpha value is -1.55. The van der Waals surface area contributed by atoms with Gasteiger partial charge in [0.25, 0.3) is 5.97 Å². The highest BCUT2D eigenvalue weighted by molar-refractivity contribution is 5.62. The van der Waals surface area contributed by atoms with E-state index in [1.165, 1.54) is 0 Å². The van der Waals surface area contributed by atoms with Crippen LogP contribution in [0, 0.1) is 19.8 Å². The van der Waals surface area contributed by atoms with Gasteiger partial charge < -0.3 is 15.3 Å². The van der Waals surface area contributed by atoms with Crippen molar-refractivity contribution in [2.75, 3.05) is 6.61 Å². The maximum atomic E-state index is 9.42. The quantitative estimate of drug-likeness (QED) is 0.712. The summed E-state index contributed by atoms with van der Waals surface area (Å²) in [5.41, 5.74) is 1.60. The molecule has 0 aliphatic rings. The van der Waals surface area contributed by atoms with Gasteiger partial charge in [-0.15, -0.1) is 0 Å². The number of carboxylic acid groups (broad SMARTS) is 1. The molecule has 0 amide bonds. The highest BCUT2D eigenvalue weighted by atomic mass is 16.4. The molecule has 0 aliphatic heterocycles. The number of carboxylic acids is 1. The SMILES string of the molecule is CC(=O)O.[CH2][C](CO)c1ccc(C)cc1O. The Morgan fingerprint density at radius 2 is 1.94 bits per heavy atom. The molecule has 3 N–H and O–H groups in total. The Bertz CT molecular complexity index is 343. The maximum Gasteiger partial charge on any atom is 0.300 e. The number of benzene rings is 1. The number of hydrogen-bond acceptors (Lipinski definition) is 3. The van der Waals surface area contributed by atoms with Gasteiger partial charge in [-0.3, -0.25) is 4.79 Å². The van der Waals surface area contributed by atoms with Crippen LogP contribution in [0.15, 0.2) is 18.2 Å². The monoisotopic (exact) mass is 224 g/mol. The van der Waals surface area contributed by atoms with Crippen molar-refractivity contribution in [3.63, 3.8) is 0 Å². The molecule has 0 heterocycles. The lowest BCUT2D eigenvalue weighted by Crippen LogP contribution is -2.00. The van der Waals surface area contributed by atoms with E-state index in [-0.39, 0.29) is 12.4 Å². The normalized spacial score (nSPS) is 9.56. The van der Waals surface area contributed by atoms with Crippen molar-refractivity contribution in [3.8, 4) is 5.75 Å². The van der Waals surface area contributed by atoms with Gasteiger partial charge in [-0.1, -0.05) is 12.1 Å². The minimum atomic E-state index is -0.833. The van der Waals surface area contributed by atoms with E-state index in [0.717, 1.165) is 12.5 Å². The van der Waals surface area contributed by atoms with Gasteiger partial charge >= 0.3 is 0 Å². The van der Waals surface area contributed by atoms with Gasteiger partial charge in [-0.25, -0.2) is 0 Å². The number of aliphatic hydroxyl groups is 1. The zero-order valence-electron chi connectivity index (χ0n) is 9.40. The molecule has 0 spiro atoms. The van der Waals surface area contributed by atoms with E-state index < -0.39 is 5.97 Å². The zero-order valence-corrected chi connectivity index (χ0v) is 9.40. The lowest BCUT2D eigenvalue weighted by molar-refractivity contribution is -0.134. The van der Waals surface area contributed by atoms with Crippen LogP contribution >= 0.6 is 0 Å². The van der Waals surface area contributed by atoms with Crippen LogP contribution in [0.2, 0.25) is 0 Å². The summed E-state index contributed by atoms with van der Waals surface area (Å²) >= 11 is 0. The molecule has 88 valence electrons. The molecule has 0 saturated carbocycles. The first-order valence-electron chi connectivity index (χ1n) is 4.66.